The fraction of sp³-hybridized carbons (Fsp3) is 0.250. The van der Waals surface area contributed by atoms with Crippen LogP contribution in [0.4, 0.5) is 10.8 Å². The van der Waals surface area contributed by atoms with Gasteiger partial charge in [0.05, 0.1) is 27.1 Å². The van der Waals surface area contributed by atoms with Crippen LogP contribution >= 0.6 is 23.1 Å². The monoisotopic (exact) mass is 514 g/mol. The van der Waals surface area contributed by atoms with E-state index in [0.717, 1.165) is 12.1 Å². The number of hydrogen-bond donors (Lipinski definition) is 2. The molecule has 0 spiro atoms. The summed E-state index contributed by atoms with van der Waals surface area (Å²) in [4.78, 5) is 24.5. The number of carbonyl (C=O) groups is 2. The van der Waals surface area contributed by atoms with Crippen LogP contribution in [0.25, 0.3) is 6.08 Å². The summed E-state index contributed by atoms with van der Waals surface area (Å²) in [7, 11) is 4.57. The summed E-state index contributed by atoms with van der Waals surface area (Å²) in [6, 6.07) is 11.2. The van der Waals surface area contributed by atoms with E-state index in [2.05, 4.69) is 27.8 Å². The zero-order valence-corrected chi connectivity index (χ0v) is 21.4. The molecule has 0 saturated heterocycles. The lowest BCUT2D eigenvalue weighted by atomic mass is 10.1. The lowest BCUT2D eigenvalue weighted by Crippen LogP contribution is -2.13. The van der Waals surface area contributed by atoms with E-state index in [-0.39, 0.29) is 17.6 Å². The van der Waals surface area contributed by atoms with Gasteiger partial charge in [-0.05, 0) is 47.9 Å². The predicted molar refractivity (Wildman–Crippen MR) is 139 cm³/mol. The van der Waals surface area contributed by atoms with Gasteiger partial charge in [0, 0.05) is 11.8 Å². The second-order valence-electron chi connectivity index (χ2n) is 7.04. The SMILES string of the molecule is CCc1ccc(NC(=O)CSc2nnc(NC(=O)/C=C/c3cc(OC)c(OC)c(OC)c3)s2)cc1. The Labute approximate surface area is 211 Å². The van der Waals surface area contributed by atoms with Crippen LogP contribution in [0.3, 0.4) is 0 Å². The molecular weight excluding hydrogens is 488 g/mol. The molecule has 0 saturated carbocycles. The van der Waals surface area contributed by atoms with Crippen LogP contribution in [0.1, 0.15) is 18.1 Å². The first-order valence-corrected chi connectivity index (χ1v) is 12.4. The van der Waals surface area contributed by atoms with E-state index in [1.165, 1.54) is 56.1 Å². The van der Waals surface area contributed by atoms with E-state index in [0.29, 0.717) is 32.3 Å². The van der Waals surface area contributed by atoms with Gasteiger partial charge in [-0.15, -0.1) is 10.2 Å². The number of rotatable bonds is 11. The Morgan fingerprint density at radius 2 is 1.69 bits per heavy atom. The number of carbonyl (C=O) groups excluding carboxylic acids is 2. The molecule has 9 nitrogen and oxygen atoms in total. The van der Waals surface area contributed by atoms with Gasteiger partial charge < -0.3 is 19.5 Å². The second-order valence-corrected chi connectivity index (χ2v) is 9.24. The zero-order valence-electron chi connectivity index (χ0n) is 19.8. The number of methoxy groups -OCH3 is 3. The topological polar surface area (TPSA) is 112 Å². The van der Waals surface area contributed by atoms with Gasteiger partial charge in [0.1, 0.15) is 0 Å². The van der Waals surface area contributed by atoms with Crippen molar-refractivity contribution in [2.24, 2.45) is 0 Å². The molecule has 3 aromatic rings. The summed E-state index contributed by atoms with van der Waals surface area (Å²) in [5.41, 5.74) is 2.65. The number of hydrogen-bond acceptors (Lipinski definition) is 9. The first-order valence-electron chi connectivity index (χ1n) is 10.6. The van der Waals surface area contributed by atoms with Crippen molar-refractivity contribution < 1.29 is 23.8 Å². The van der Waals surface area contributed by atoms with Crippen molar-refractivity contribution in [1.82, 2.24) is 10.2 Å². The molecule has 0 aliphatic carbocycles. The quantitative estimate of drug-likeness (QED) is 0.218. The van der Waals surface area contributed by atoms with Crippen LogP contribution in [0.2, 0.25) is 0 Å². The second kappa shape index (κ2) is 12.8. The number of aromatic nitrogens is 2. The number of benzene rings is 2. The number of nitrogens with one attached hydrogen (secondary N) is 2. The standard InChI is InChI=1S/C24H26N4O5S2/c1-5-15-6-9-17(10-7-15)25-21(30)14-34-24-28-27-23(35-24)26-20(29)11-8-16-12-18(31-2)22(33-4)19(13-16)32-3/h6-13H,5,14H2,1-4H3,(H,25,30)(H,26,27,29)/b11-8+. The highest BCUT2D eigenvalue weighted by molar-refractivity contribution is 8.01. The van der Waals surface area contributed by atoms with E-state index in [1.807, 2.05) is 24.3 Å². The highest BCUT2D eigenvalue weighted by Gasteiger charge is 2.13. The Balaban J connectivity index is 1.52. The van der Waals surface area contributed by atoms with E-state index in [4.69, 9.17) is 14.2 Å². The largest absolute Gasteiger partial charge is 0.493 e. The average molecular weight is 515 g/mol. The third-order valence-electron chi connectivity index (χ3n) is 4.72. The lowest BCUT2D eigenvalue weighted by molar-refractivity contribution is -0.114. The first kappa shape index (κ1) is 26.0. The van der Waals surface area contributed by atoms with Crippen molar-refractivity contribution in [2.45, 2.75) is 17.7 Å². The van der Waals surface area contributed by atoms with Crippen LogP contribution in [-0.4, -0.2) is 49.1 Å². The number of aryl methyl sites for hydroxylation is 1. The van der Waals surface area contributed by atoms with E-state index in [1.54, 1.807) is 18.2 Å². The van der Waals surface area contributed by atoms with Gasteiger partial charge in [0.15, 0.2) is 15.8 Å². The third-order valence-corrected chi connectivity index (χ3v) is 6.70. The molecule has 0 aliphatic rings. The maximum Gasteiger partial charge on any atom is 0.250 e. The molecule has 2 amide bonds. The Morgan fingerprint density at radius 1 is 1.00 bits per heavy atom. The minimum absolute atomic E-state index is 0.145. The van der Waals surface area contributed by atoms with Crippen LogP contribution in [0.5, 0.6) is 17.2 Å². The molecule has 0 unspecified atom stereocenters. The minimum atomic E-state index is -0.375. The van der Waals surface area contributed by atoms with Crippen molar-refractivity contribution in [3.63, 3.8) is 0 Å². The van der Waals surface area contributed by atoms with Crippen LogP contribution in [-0.2, 0) is 16.0 Å². The Bertz CT molecular complexity index is 1170. The Hall–Kier alpha value is -3.57. The fourth-order valence-corrected chi connectivity index (χ4v) is 4.54. The molecule has 1 aromatic heterocycles. The highest BCUT2D eigenvalue weighted by atomic mass is 32.2. The highest BCUT2D eigenvalue weighted by Crippen LogP contribution is 2.38. The molecule has 0 bridgehead atoms. The van der Waals surface area contributed by atoms with Gasteiger partial charge in [-0.1, -0.05) is 42.2 Å². The molecule has 184 valence electrons. The van der Waals surface area contributed by atoms with Gasteiger partial charge in [-0.3, -0.25) is 14.9 Å². The lowest BCUT2D eigenvalue weighted by Gasteiger charge is -2.12. The zero-order chi connectivity index (χ0) is 25.2. The van der Waals surface area contributed by atoms with Gasteiger partial charge in [0.25, 0.3) is 0 Å². The molecule has 0 aliphatic heterocycles. The molecule has 0 radical (unpaired) electrons. The number of thioether (sulfide) groups is 1. The minimum Gasteiger partial charge on any atom is -0.493 e. The normalized spacial score (nSPS) is 10.7. The van der Waals surface area contributed by atoms with Crippen molar-refractivity contribution in [1.29, 1.82) is 0 Å². The number of ether oxygens (including phenoxy) is 3. The summed E-state index contributed by atoms with van der Waals surface area (Å²) in [6.07, 6.45) is 3.93. The predicted octanol–water partition coefficient (Wildman–Crippen LogP) is 4.51. The Kier molecular flexibility index (Phi) is 9.50. The molecule has 11 heteroatoms. The van der Waals surface area contributed by atoms with Gasteiger partial charge in [-0.25, -0.2) is 0 Å². The summed E-state index contributed by atoms with van der Waals surface area (Å²) in [5.74, 6) is 1.10. The van der Waals surface area contributed by atoms with E-state index >= 15 is 0 Å². The van der Waals surface area contributed by atoms with E-state index < -0.39 is 0 Å². The molecule has 2 N–H and O–H groups in total. The Morgan fingerprint density at radius 3 is 2.29 bits per heavy atom. The van der Waals surface area contributed by atoms with Crippen molar-refractivity contribution in [2.75, 3.05) is 37.7 Å². The molecule has 35 heavy (non-hydrogen) atoms. The molecule has 0 fully saturated rings. The van der Waals surface area contributed by atoms with Crippen molar-refractivity contribution >= 4 is 51.8 Å². The van der Waals surface area contributed by atoms with Crippen molar-refractivity contribution in [3.05, 3.63) is 53.6 Å². The summed E-state index contributed by atoms with van der Waals surface area (Å²) in [5, 5.41) is 13.8. The molecule has 2 aromatic carbocycles. The van der Waals surface area contributed by atoms with E-state index in [9.17, 15) is 9.59 Å². The smallest absolute Gasteiger partial charge is 0.250 e. The summed E-state index contributed by atoms with van der Waals surface area (Å²) >= 11 is 2.44. The average Bonchev–Trinajstić information content (AvgIpc) is 3.33. The van der Waals surface area contributed by atoms with Crippen LogP contribution in [0, 0.1) is 0 Å². The van der Waals surface area contributed by atoms with Crippen LogP contribution < -0.4 is 24.8 Å². The number of amides is 2. The molecule has 0 atom stereocenters. The van der Waals surface area contributed by atoms with Gasteiger partial charge in [0.2, 0.25) is 22.7 Å². The fourth-order valence-electron chi connectivity index (χ4n) is 2.98. The molecule has 3 rings (SSSR count). The molecule has 1 heterocycles. The van der Waals surface area contributed by atoms with Crippen LogP contribution in [0.15, 0.2) is 46.8 Å². The van der Waals surface area contributed by atoms with Gasteiger partial charge >= 0.3 is 0 Å². The molecular formula is C24H26N4O5S2. The van der Waals surface area contributed by atoms with Gasteiger partial charge in [-0.2, -0.15) is 0 Å². The van der Waals surface area contributed by atoms with Crippen molar-refractivity contribution in [3.8, 4) is 17.2 Å². The third kappa shape index (κ3) is 7.46. The summed E-state index contributed by atoms with van der Waals surface area (Å²) < 4.78 is 16.5. The summed E-state index contributed by atoms with van der Waals surface area (Å²) in [6.45, 7) is 2.08. The number of anilines is 2. The first-order chi connectivity index (χ1) is 16.9. The number of nitrogens with zero attached hydrogens (tertiary/aromatic N) is 2. The maximum absolute atomic E-state index is 12.3. The maximum atomic E-state index is 12.3.